The topological polar surface area (TPSA) is 12.0 Å². The first-order valence-electron chi connectivity index (χ1n) is 7.12. The third-order valence-electron chi connectivity index (χ3n) is 4.06. The van der Waals surface area contributed by atoms with Crippen molar-refractivity contribution in [1.82, 2.24) is 5.32 Å². The largest absolute Gasteiger partial charge is 0.309 e. The van der Waals surface area contributed by atoms with E-state index in [-0.39, 0.29) is 5.41 Å². The summed E-state index contributed by atoms with van der Waals surface area (Å²) < 4.78 is 1.43. The van der Waals surface area contributed by atoms with Gasteiger partial charge in [0, 0.05) is 27.8 Å². The van der Waals surface area contributed by atoms with Crippen LogP contribution in [0.25, 0.3) is 0 Å². The van der Waals surface area contributed by atoms with E-state index in [4.69, 9.17) is 0 Å². The van der Waals surface area contributed by atoms with Crippen molar-refractivity contribution in [3.63, 3.8) is 0 Å². The summed E-state index contributed by atoms with van der Waals surface area (Å²) in [6.07, 6.45) is 3.87. The monoisotopic (exact) mass is 417 g/mol. The molecule has 1 aliphatic carbocycles. The van der Waals surface area contributed by atoms with Gasteiger partial charge in [-0.2, -0.15) is 0 Å². The molecule has 1 nitrogen and oxygen atoms in total. The highest BCUT2D eigenvalue weighted by Crippen LogP contribution is 2.37. The molecule has 1 atom stereocenters. The minimum atomic E-state index is 0.217. The maximum absolute atomic E-state index is 3.83. The summed E-state index contributed by atoms with van der Waals surface area (Å²) in [4.78, 5) is 3.08. The van der Waals surface area contributed by atoms with E-state index >= 15 is 0 Å². The molecule has 2 heterocycles. The molecule has 0 saturated carbocycles. The van der Waals surface area contributed by atoms with Gasteiger partial charge in [-0.1, -0.05) is 19.9 Å². The zero-order valence-electron chi connectivity index (χ0n) is 11.9. The van der Waals surface area contributed by atoms with E-state index in [1.54, 1.807) is 10.4 Å². The van der Waals surface area contributed by atoms with Gasteiger partial charge in [-0.15, -0.1) is 22.7 Å². The Bertz CT molecular complexity index is 571. The molecule has 0 fully saturated rings. The number of nitrogens with one attached hydrogen (secondary N) is 1. The molecule has 1 aliphatic rings. The van der Waals surface area contributed by atoms with Crippen molar-refractivity contribution in [1.29, 1.82) is 0 Å². The first kappa shape index (κ1) is 15.0. The van der Waals surface area contributed by atoms with Crippen molar-refractivity contribution >= 4 is 45.3 Å². The molecule has 108 valence electrons. The lowest BCUT2D eigenvalue weighted by molar-refractivity contribution is 0.398. The van der Waals surface area contributed by atoms with Gasteiger partial charge in [-0.05, 0) is 64.9 Å². The van der Waals surface area contributed by atoms with Crippen LogP contribution in [0.3, 0.4) is 0 Å². The maximum atomic E-state index is 3.83. The summed E-state index contributed by atoms with van der Waals surface area (Å²) in [5.41, 5.74) is 1.78. The second-order valence-electron chi connectivity index (χ2n) is 6.12. The summed E-state index contributed by atoms with van der Waals surface area (Å²) in [6.45, 7) is 5.73. The number of halogens is 1. The molecule has 0 aromatic carbocycles. The SMILES string of the molecule is CC(C)(CNC1CCCc2sc(I)cc21)c1cccs1. The molecule has 2 aromatic rings. The second-order valence-corrected chi connectivity index (χ2v) is 10.1. The summed E-state index contributed by atoms with van der Waals surface area (Å²) in [7, 11) is 0. The summed E-state index contributed by atoms with van der Waals surface area (Å²) in [5, 5.41) is 6.01. The van der Waals surface area contributed by atoms with Gasteiger partial charge in [-0.25, -0.2) is 0 Å². The van der Waals surface area contributed by atoms with Gasteiger partial charge in [0.2, 0.25) is 0 Å². The first-order valence-corrected chi connectivity index (χ1v) is 9.89. The molecule has 0 radical (unpaired) electrons. The van der Waals surface area contributed by atoms with Crippen molar-refractivity contribution in [2.75, 3.05) is 6.54 Å². The summed E-state index contributed by atoms with van der Waals surface area (Å²) >= 11 is 6.30. The highest BCUT2D eigenvalue weighted by atomic mass is 127. The molecule has 0 amide bonds. The number of rotatable bonds is 4. The Balaban J connectivity index is 1.70. The number of aryl methyl sites for hydroxylation is 1. The van der Waals surface area contributed by atoms with Crippen LogP contribution in [-0.4, -0.2) is 6.54 Å². The van der Waals surface area contributed by atoms with Crippen LogP contribution >= 0.6 is 45.3 Å². The maximum Gasteiger partial charge on any atom is 0.0659 e. The van der Waals surface area contributed by atoms with E-state index in [1.807, 2.05) is 22.7 Å². The van der Waals surface area contributed by atoms with Crippen molar-refractivity contribution in [3.8, 4) is 0 Å². The van der Waals surface area contributed by atoms with E-state index in [2.05, 4.69) is 65.3 Å². The minimum Gasteiger partial charge on any atom is -0.309 e. The molecule has 1 unspecified atom stereocenters. The third kappa shape index (κ3) is 3.13. The van der Waals surface area contributed by atoms with Gasteiger partial charge in [0.25, 0.3) is 0 Å². The Morgan fingerprint density at radius 1 is 1.45 bits per heavy atom. The van der Waals surface area contributed by atoms with Crippen molar-refractivity contribution < 1.29 is 0 Å². The molecular weight excluding hydrogens is 397 g/mol. The zero-order valence-corrected chi connectivity index (χ0v) is 15.7. The molecule has 0 aliphatic heterocycles. The predicted molar refractivity (Wildman–Crippen MR) is 98.1 cm³/mol. The standard InChI is InChI=1S/C16H20INS2/c1-16(2,14-7-4-8-19-14)10-18-12-5-3-6-13-11(12)9-15(17)20-13/h4,7-9,12,18H,3,5-6,10H2,1-2H3. The molecule has 0 spiro atoms. The van der Waals surface area contributed by atoms with Crippen LogP contribution in [0.4, 0.5) is 0 Å². The lowest BCUT2D eigenvalue weighted by atomic mass is 9.89. The van der Waals surface area contributed by atoms with E-state index in [0.717, 1.165) is 6.54 Å². The Hall–Kier alpha value is 0.0900. The lowest BCUT2D eigenvalue weighted by Crippen LogP contribution is -2.35. The van der Waals surface area contributed by atoms with E-state index < -0.39 is 0 Å². The van der Waals surface area contributed by atoms with Crippen molar-refractivity contribution in [2.45, 2.75) is 44.6 Å². The number of fused-ring (bicyclic) bond motifs is 1. The molecule has 0 saturated heterocycles. The van der Waals surface area contributed by atoms with Crippen LogP contribution in [0.1, 0.15) is 48.0 Å². The van der Waals surface area contributed by atoms with Gasteiger partial charge < -0.3 is 5.32 Å². The van der Waals surface area contributed by atoms with Crippen LogP contribution in [0.2, 0.25) is 0 Å². The number of hydrogen-bond acceptors (Lipinski definition) is 3. The van der Waals surface area contributed by atoms with Crippen LogP contribution < -0.4 is 5.32 Å². The Kier molecular flexibility index (Phi) is 4.55. The number of hydrogen-bond donors (Lipinski definition) is 1. The van der Waals surface area contributed by atoms with Crippen LogP contribution in [0.15, 0.2) is 23.6 Å². The highest BCUT2D eigenvalue weighted by Gasteiger charge is 2.26. The van der Waals surface area contributed by atoms with E-state index in [1.165, 1.54) is 27.0 Å². The highest BCUT2D eigenvalue weighted by molar-refractivity contribution is 14.1. The molecule has 4 heteroatoms. The van der Waals surface area contributed by atoms with Gasteiger partial charge in [0.05, 0.1) is 2.88 Å². The molecule has 20 heavy (non-hydrogen) atoms. The molecular formula is C16H20INS2. The van der Waals surface area contributed by atoms with Crippen LogP contribution in [0, 0.1) is 2.88 Å². The van der Waals surface area contributed by atoms with Crippen LogP contribution in [0.5, 0.6) is 0 Å². The fourth-order valence-corrected chi connectivity index (χ4v) is 5.83. The smallest absolute Gasteiger partial charge is 0.0659 e. The average molecular weight is 417 g/mol. The predicted octanol–water partition coefficient (Wildman–Crippen LogP) is 5.36. The Labute approximate surface area is 142 Å². The second kappa shape index (κ2) is 6.07. The van der Waals surface area contributed by atoms with E-state index in [9.17, 15) is 0 Å². The van der Waals surface area contributed by atoms with Crippen molar-refractivity contribution in [2.24, 2.45) is 0 Å². The van der Waals surface area contributed by atoms with E-state index in [0.29, 0.717) is 6.04 Å². The molecule has 1 N–H and O–H groups in total. The molecule has 3 rings (SSSR count). The Morgan fingerprint density at radius 2 is 2.30 bits per heavy atom. The minimum absolute atomic E-state index is 0.217. The normalized spacial score (nSPS) is 19.1. The fraction of sp³-hybridized carbons (Fsp3) is 0.500. The third-order valence-corrected chi connectivity index (χ3v) is 7.27. The van der Waals surface area contributed by atoms with Gasteiger partial charge in [0.1, 0.15) is 0 Å². The van der Waals surface area contributed by atoms with Gasteiger partial charge >= 0.3 is 0 Å². The average Bonchev–Trinajstić information content (AvgIpc) is 3.04. The summed E-state index contributed by atoms with van der Waals surface area (Å²) in [5.74, 6) is 0. The zero-order chi connectivity index (χ0) is 14.2. The Morgan fingerprint density at radius 3 is 3.05 bits per heavy atom. The first-order chi connectivity index (χ1) is 9.56. The number of thiophene rings is 2. The van der Waals surface area contributed by atoms with Crippen molar-refractivity contribution in [3.05, 3.63) is 41.8 Å². The molecule has 0 bridgehead atoms. The lowest BCUT2D eigenvalue weighted by Gasteiger charge is -2.30. The van der Waals surface area contributed by atoms with Crippen LogP contribution in [-0.2, 0) is 11.8 Å². The molecule has 2 aromatic heterocycles. The van der Waals surface area contributed by atoms with Gasteiger partial charge in [-0.3, -0.25) is 0 Å². The fourth-order valence-electron chi connectivity index (χ4n) is 2.86. The van der Waals surface area contributed by atoms with Gasteiger partial charge in [0.15, 0.2) is 0 Å². The summed E-state index contributed by atoms with van der Waals surface area (Å²) in [6, 6.07) is 7.35. The quantitative estimate of drug-likeness (QED) is 0.661.